The van der Waals surface area contributed by atoms with E-state index in [-0.39, 0.29) is 72.0 Å². The minimum absolute atomic E-state index is 0.0151. The Morgan fingerprint density at radius 3 is 2.59 bits per heavy atom. The van der Waals surface area contributed by atoms with Gasteiger partial charge in [-0.25, -0.2) is 18.4 Å². The zero-order chi connectivity index (χ0) is 50.3. The number of primary amides is 1. The summed E-state index contributed by atoms with van der Waals surface area (Å²) in [6.07, 6.45) is 5.26. The quantitative estimate of drug-likeness (QED) is 0.142. The molecule has 71 heavy (non-hydrogen) atoms. The molecule has 2 saturated heterocycles. The topological polar surface area (TPSA) is 248 Å². The Morgan fingerprint density at radius 1 is 1.11 bits per heavy atom. The lowest BCUT2D eigenvalue weighted by Gasteiger charge is -2.40. The molecule has 1 aliphatic carbocycles. The summed E-state index contributed by atoms with van der Waals surface area (Å²) in [5, 5.41) is 21.5. The van der Waals surface area contributed by atoms with Crippen molar-refractivity contribution in [3.63, 3.8) is 0 Å². The molecule has 1 aromatic carbocycles. The van der Waals surface area contributed by atoms with Gasteiger partial charge in [0.15, 0.2) is 21.1 Å². The van der Waals surface area contributed by atoms with E-state index in [2.05, 4.69) is 30.6 Å². The third-order valence-electron chi connectivity index (χ3n) is 14.8. The molecule has 6 atom stereocenters. The second kappa shape index (κ2) is 18.3. The summed E-state index contributed by atoms with van der Waals surface area (Å²) in [5.41, 5.74) is 12.0. The predicted octanol–water partition coefficient (Wildman–Crippen LogP) is 2.67. The minimum Gasteiger partial charge on any atom is -0.474 e. The molecule has 10 rings (SSSR count). The number of benzene rings is 1. The number of thiazole rings is 1. The van der Waals surface area contributed by atoms with Gasteiger partial charge in [0.2, 0.25) is 11.8 Å². The molecule has 374 valence electrons. The Bertz CT molecular complexity index is 3150. The van der Waals surface area contributed by atoms with Gasteiger partial charge in [-0.2, -0.15) is 0 Å². The van der Waals surface area contributed by atoms with Gasteiger partial charge in [0.25, 0.3) is 17.3 Å². The van der Waals surface area contributed by atoms with Crippen molar-refractivity contribution in [3.8, 4) is 16.3 Å². The van der Waals surface area contributed by atoms with Crippen molar-refractivity contribution in [1.82, 2.24) is 40.0 Å². The van der Waals surface area contributed by atoms with E-state index in [1.165, 1.54) is 4.57 Å². The number of aliphatic hydroxyl groups excluding tert-OH is 1. The highest BCUT2D eigenvalue weighted by atomic mass is 32.2. The molecule has 19 nitrogen and oxygen atoms in total. The van der Waals surface area contributed by atoms with Crippen LogP contribution in [0.3, 0.4) is 0 Å². The number of rotatable bonds is 14. The monoisotopic (exact) mass is 1010 g/mol. The lowest BCUT2D eigenvalue weighted by molar-refractivity contribution is -0.134. The molecule has 0 saturated carbocycles. The van der Waals surface area contributed by atoms with Gasteiger partial charge in [-0.1, -0.05) is 38.1 Å². The summed E-state index contributed by atoms with van der Waals surface area (Å²) in [6.45, 7) is 10.4. The first-order chi connectivity index (χ1) is 33.8. The minimum atomic E-state index is -3.65. The Kier molecular flexibility index (Phi) is 12.4. The first-order valence-electron chi connectivity index (χ1n) is 23.9. The maximum Gasteiger partial charge on any atom is 0.260 e. The van der Waals surface area contributed by atoms with Crippen LogP contribution in [0.25, 0.3) is 21.7 Å². The van der Waals surface area contributed by atoms with Crippen molar-refractivity contribution in [2.75, 3.05) is 51.3 Å². The number of ether oxygens (including phenoxy) is 1. The average molecular weight is 1010 g/mol. The van der Waals surface area contributed by atoms with E-state index >= 15 is 0 Å². The number of β-amino-alcohol motifs (C(OH)–C–C–N with tert-alkyl or cyclic N) is 1. The van der Waals surface area contributed by atoms with Crippen LogP contribution in [0.5, 0.6) is 5.88 Å². The number of fused-ring (bicyclic) bond motifs is 2. The highest BCUT2D eigenvalue weighted by Crippen LogP contribution is 2.47. The number of pyridine rings is 1. The van der Waals surface area contributed by atoms with Crippen molar-refractivity contribution < 1.29 is 37.2 Å². The number of carbonyl (C=O) groups is 3. The number of nitrogens with one attached hydrogen (secondary N) is 2. The second-order valence-corrected chi connectivity index (χ2v) is 23.0. The van der Waals surface area contributed by atoms with Crippen LogP contribution in [0.15, 0.2) is 85.3 Å². The molecule has 21 heteroatoms. The van der Waals surface area contributed by atoms with Gasteiger partial charge < -0.3 is 45.1 Å². The smallest absolute Gasteiger partial charge is 0.260 e. The van der Waals surface area contributed by atoms with E-state index in [0.717, 1.165) is 40.9 Å². The number of aryl methyl sites for hydroxylation is 2. The molecule has 1 unspecified atom stereocenters. The fourth-order valence-electron chi connectivity index (χ4n) is 11.2. The fraction of sp³-hybridized carbons (Fsp3) is 0.460. The van der Waals surface area contributed by atoms with Crippen LogP contribution in [-0.2, 0) is 36.8 Å². The van der Waals surface area contributed by atoms with Gasteiger partial charge in [-0.05, 0) is 66.1 Å². The number of carbonyl (C=O) groups excluding carboxylic acids is 3. The van der Waals surface area contributed by atoms with Crippen molar-refractivity contribution >= 4 is 56.0 Å². The zero-order valence-corrected chi connectivity index (χ0v) is 42.1. The van der Waals surface area contributed by atoms with Gasteiger partial charge in [-0.3, -0.25) is 24.1 Å². The third-order valence-corrected chi connectivity index (χ3v) is 16.6. The van der Waals surface area contributed by atoms with E-state index < -0.39 is 45.1 Å². The van der Waals surface area contributed by atoms with Crippen LogP contribution in [-0.4, -0.2) is 142 Å². The number of hydrogen-bond acceptors (Lipinski definition) is 16. The van der Waals surface area contributed by atoms with Crippen LogP contribution in [0.4, 0.5) is 0 Å². The standard InChI is InChI=1S/C50H58N10O9S2/c1-26(2)39(48(64)60-23-31(61)19-36(60)46-54-49(65)50(4,55-46)29-9-7-28(8-10-29)44-27(3)53-25-70-44)37-20-38(56-69-37)68-18-17-58-15-11-30(22-58)59-16-13-35-41-33(21-52-35)40(45(51)62)34(24-71(6,66)67)32-12-14-57(5)47(63)42(32)43(41)59/h7-10,12,14,20-21,25-26,30-31,35-36,39,52,61H,11,13,15-19,22-24H2,1-6H3,(H2,51,62)(H,54,55,65)/t30-,31+,35?,36+,39+,50-/m0/s1. The van der Waals surface area contributed by atoms with Gasteiger partial charge in [0.05, 0.1) is 56.9 Å². The second-order valence-electron chi connectivity index (χ2n) is 20.0. The normalized spacial score (nSPS) is 24.7. The average Bonchev–Trinajstić information content (AvgIpc) is 4.19. The highest BCUT2D eigenvalue weighted by Gasteiger charge is 2.49. The number of amides is 3. The number of amidine groups is 1. The molecule has 5 aliphatic heterocycles. The number of nitrogens with two attached hydrogens (primary N) is 1. The highest BCUT2D eigenvalue weighted by molar-refractivity contribution is 7.91. The van der Waals surface area contributed by atoms with Crippen molar-refractivity contribution in [3.05, 3.63) is 110 Å². The molecular weight excluding hydrogens is 949 g/mol. The lowest BCUT2D eigenvalue weighted by atomic mass is 9.88. The van der Waals surface area contributed by atoms with Gasteiger partial charge in [0, 0.05) is 88.1 Å². The van der Waals surface area contributed by atoms with E-state index in [9.17, 15) is 32.7 Å². The number of sulfone groups is 1. The Hall–Kier alpha value is -6.42. The zero-order valence-electron chi connectivity index (χ0n) is 40.5. The first-order valence-corrected chi connectivity index (χ1v) is 26.9. The molecule has 3 amide bonds. The Morgan fingerprint density at radius 2 is 1.89 bits per heavy atom. The van der Waals surface area contributed by atoms with E-state index in [4.69, 9.17) is 20.0 Å². The van der Waals surface area contributed by atoms with E-state index in [0.29, 0.717) is 65.6 Å². The number of hydrogen-bond donors (Lipinski definition) is 4. The van der Waals surface area contributed by atoms with Crippen LogP contribution >= 0.6 is 11.3 Å². The number of nitrogens with zero attached hydrogens (tertiary/aromatic N) is 7. The molecule has 5 N–H and O–H groups in total. The molecule has 0 bridgehead atoms. The summed E-state index contributed by atoms with van der Waals surface area (Å²) < 4.78 is 39.1. The molecule has 2 fully saturated rings. The molecule has 6 aliphatic rings. The third kappa shape index (κ3) is 8.69. The number of aromatic nitrogens is 3. The summed E-state index contributed by atoms with van der Waals surface area (Å²) in [5.74, 6) is -1.96. The van der Waals surface area contributed by atoms with Gasteiger partial charge in [0.1, 0.15) is 18.4 Å². The first kappa shape index (κ1) is 48.2. The van der Waals surface area contributed by atoms with Crippen LogP contribution < -0.4 is 26.7 Å². The molecule has 3 aromatic heterocycles. The van der Waals surface area contributed by atoms with E-state index in [1.54, 1.807) is 60.2 Å². The van der Waals surface area contributed by atoms with Crippen LogP contribution in [0.2, 0.25) is 0 Å². The van der Waals surface area contributed by atoms with Crippen molar-refractivity contribution in [2.24, 2.45) is 23.7 Å². The molecule has 4 aromatic rings. The Balaban J connectivity index is 0.816. The van der Waals surface area contributed by atoms with E-state index in [1.807, 2.05) is 45.0 Å². The molecule has 0 radical (unpaired) electrons. The summed E-state index contributed by atoms with van der Waals surface area (Å²) in [4.78, 5) is 72.0. The van der Waals surface area contributed by atoms with Gasteiger partial charge in [-0.15, -0.1) is 11.3 Å². The van der Waals surface area contributed by atoms with Gasteiger partial charge >= 0.3 is 0 Å². The summed E-state index contributed by atoms with van der Waals surface area (Å²) in [7, 11) is -2.00. The molecule has 8 heterocycles. The Labute approximate surface area is 415 Å². The largest absolute Gasteiger partial charge is 0.474 e. The van der Waals surface area contributed by atoms with Crippen molar-refractivity contribution in [1.29, 1.82) is 0 Å². The number of aliphatic imine (C=N–C) groups is 1. The summed E-state index contributed by atoms with van der Waals surface area (Å²) >= 11 is 1.55. The predicted molar refractivity (Wildman–Crippen MR) is 267 cm³/mol. The molecule has 0 spiro atoms. The van der Waals surface area contributed by atoms with Crippen molar-refractivity contribution in [2.45, 2.75) is 82.6 Å². The number of likely N-dealkylation sites (tertiary alicyclic amines) is 2. The maximum atomic E-state index is 14.5. The van der Waals surface area contributed by atoms with Crippen LogP contribution in [0, 0.1) is 12.8 Å². The van der Waals surface area contributed by atoms with Crippen LogP contribution in [0.1, 0.15) is 74.1 Å². The fourth-order valence-corrected chi connectivity index (χ4v) is 12.9. The lowest BCUT2D eigenvalue weighted by Crippen LogP contribution is -2.48. The summed E-state index contributed by atoms with van der Waals surface area (Å²) in [6, 6.07) is 10.2. The molecular formula is C50H58N10O9S2. The maximum absolute atomic E-state index is 14.5. The SMILES string of the molecule is Cc1ncsc1-c1ccc([C@]2(C)N=C([C@H]3C[C@@H](O)CN3C(=O)[C@@H](c3cc(OCCN4CC[C@H](N5CCC6NC=C7C(C(N)=O)=C(CS(C)(=O)=O)c8ccn(C)c(=O)c8C5=C76)C4)no3)C(C)C)NC2=O)cc1. The number of aliphatic hydroxyl groups is 1.